The monoisotopic (exact) mass is 758 g/mol. The van der Waals surface area contributed by atoms with Gasteiger partial charge in [0, 0.05) is 23.0 Å². The van der Waals surface area contributed by atoms with Crippen LogP contribution < -0.4 is 10.3 Å². The van der Waals surface area contributed by atoms with Crippen LogP contribution in [0.15, 0.2) is 69.0 Å². The zero-order valence-electron chi connectivity index (χ0n) is 18.2. The summed E-state index contributed by atoms with van der Waals surface area (Å²) in [6.45, 7) is 2.13. The highest BCUT2D eigenvalue weighted by Gasteiger charge is 2.12. The Morgan fingerprint density at radius 2 is 1.91 bits per heavy atom. The molecule has 3 aromatic carbocycles. The molecule has 11 heteroatoms. The highest BCUT2D eigenvalue weighted by molar-refractivity contribution is 14.1. The molecule has 0 fully saturated rings. The summed E-state index contributed by atoms with van der Waals surface area (Å²) in [7, 11) is 0. The van der Waals surface area contributed by atoms with E-state index in [4.69, 9.17) is 4.74 Å². The second-order valence-corrected chi connectivity index (χ2v) is 10.7. The van der Waals surface area contributed by atoms with Gasteiger partial charge in [-0.2, -0.15) is 9.78 Å². The van der Waals surface area contributed by atoms with Crippen LogP contribution in [0.5, 0.6) is 5.75 Å². The van der Waals surface area contributed by atoms with E-state index in [1.807, 2.05) is 31.2 Å². The largest absolute Gasteiger partial charge is 0.487 e. The van der Waals surface area contributed by atoms with Crippen molar-refractivity contribution < 1.29 is 9.66 Å². The van der Waals surface area contributed by atoms with Crippen LogP contribution in [0.25, 0.3) is 10.9 Å². The van der Waals surface area contributed by atoms with Crippen molar-refractivity contribution in [3.63, 3.8) is 0 Å². The zero-order chi connectivity index (χ0) is 25.1. The number of hydrogen-bond donors (Lipinski definition) is 0. The Balaban J connectivity index is 1.61. The number of rotatable bonds is 7. The summed E-state index contributed by atoms with van der Waals surface area (Å²) in [5.74, 6) is 1.25. The molecule has 8 nitrogen and oxygen atoms in total. The molecule has 178 valence electrons. The number of non-ortho nitro benzene ring substituents is 1. The molecule has 0 bridgehead atoms. The number of nitro groups is 1. The van der Waals surface area contributed by atoms with Gasteiger partial charge in [-0.1, -0.05) is 35.0 Å². The van der Waals surface area contributed by atoms with E-state index in [2.05, 4.69) is 71.2 Å². The lowest BCUT2D eigenvalue weighted by molar-refractivity contribution is -0.384. The first-order chi connectivity index (χ1) is 16.8. The predicted octanol–water partition coefficient (Wildman–Crippen LogP) is 6.30. The van der Waals surface area contributed by atoms with Gasteiger partial charge in [-0.15, -0.1) is 0 Å². The van der Waals surface area contributed by atoms with E-state index >= 15 is 0 Å². The molecule has 4 aromatic rings. The predicted molar refractivity (Wildman–Crippen MR) is 155 cm³/mol. The number of ether oxygens (including phenoxy) is 1. The second kappa shape index (κ2) is 11.1. The number of aromatic nitrogens is 2. The third kappa shape index (κ3) is 5.89. The smallest absolute Gasteiger partial charge is 0.282 e. The Kier molecular flexibility index (Phi) is 8.16. The molecule has 0 spiro atoms. The Labute approximate surface area is 236 Å². The maximum atomic E-state index is 13.1. The summed E-state index contributed by atoms with van der Waals surface area (Å²) in [6.07, 6.45) is 2.18. The van der Waals surface area contributed by atoms with Crippen LogP contribution in [-0.2, 0) is 13.0 Å². The van der Waals surface area contributed by atoms with Crippen molar-refractivity contribution in [3.8, 4) is 5.75 Å². The minimum Gasteiger partial charge on any atom is -0.487 e. The van der Waals surface area contributed by atoms with Gasteiger partial charge < -0.3 is 4.74 Å². The van der Waals surface area contributed by atoms with Gasteiger partial charge in [-0.3, -0.25) is 14.9 Å². The van der Waals surface area contributed by atoms with Crippen LogP contribution >= 0.6 is 61.1 Å². The van der Waals surface area contributed by atoms with Crippen molar-refractivity contribution >= 4 is 83.9 Å². The standard InChI is InChI=1S/C24H17BrI2N4O4/c1-2-22-29-21-7-6-16(25)11-18(21)24(32)30(22)28-12-15-9-19(26)23(20(27)10-15)35-13-14-4-3-5-17(8-14)31(33)34/h3-12H,2,13H2,1H3. The minimum absolute atomic E-state index is 0.0271. The summed E-state index contributed by atoms with van der Waals surface area (Å²) in [4.78, 5) is 28.2. The van der Waals surface area contributed by atoms with Crippen molar-refractivity contribution in [2.45, 2.75) is 20.0 Å². The molecular formula is C24H17BrI2N4O4. The van der Waals surface area contributed by atoms with Gasteiger partial charge in [0.25, 0.3) is 11.2 Å². The van der Waals surface area contributed by atoms with Crippen molar-refractivity contribution in [2.75, 3.05) is 0 Å². The average molecular weight is 759 g/mol. The van der Waals surface area contributed by atoms with Crippen LogP contribution in [0, 0.1) is 17.3 Å². The Bertz CT molecular complexity index is 1520. The Morgan fingerprint density at radius 3 is 2.60 bits per heavy atom. The minimum atomic E-state index is -0.426. The maximum Gasteiger partial charge on any atom is 0.282 e. The Hall–Kier alpha value is -2.39. The normalized spacial score (nSPS) is 11.3. The topological polar surface area (TPSA) is 99.6 Å². The van der Waals surface area contributed by atoms with E-state index in [-0.39, 0.29) is 17.9 Å². The van der Waals surface area contributed by atoms with Crippen LogP contribution in [0.4, 0.5) is 5.69 Å². The Morgan fingerprint density at radius 1 is 1.17 bits per heavy atom. The molecule has 1 heterocycles. The molecule has 1 aromatic heterocycles. The zero-order valence-corrected chi connectivity index (χ0v) is 24.1. The second-order valence-electron chi connectivity index (χ2n) is 7.43. The number of benzene rings is 3. The molecule has 0 radical (unpaired) electrons. The van der Waals surface area contributed by atoms with Gasteiger partial charge >= 0.3 is 0 Å². The molecule has 0 saturated carbocycles. The summed E-state index contributed by atoms with van der Waals surface area (Å²) in [5, 5.41) is 15.9. The number of hydrogen-bond acceptors (Lipinski definition) is 6. The average Bonchev–Trinajstić information content (AvgIpc) is 2.83. The lowest BCUT2D eigenvalue weighted by atomic mass is 10.2. The third-order valence-electron chi connectivity index (χ3n) is 5.04. The van der Waals surface area contributed by atoms with Gasteiger partial charge in [0.15, 0.2) is 0 Å². The number of nitrogens with zero attached hydrogens (tertiary/aromatic N) is 4. The number of fused-ring (bicyclic) bond motifs is 1. The summed E-state index contributed by atoms with van der Waals surface area (Å²) in [5.41, 5.74) is 1.93. The van der Waals surface area contributed by atoms with Gasteiger partial charge in [-0.25, -0.2) is 4.98 Å². The lowest BCUT2D eigenvalue weighted by Gasteiger charge is -2.12. The fourth-order valence-electron chi connectivity index (χ4n) is 3.37. The first-order valence-electron chi connectivity index (χ1n) is 10.4. The van der Waals surface area contributed by atoms with Crippen LogP contribution in [0.2, 0.25) is 0 Å². The number of halogens is 3. The molecule has 0 aliphatic heterocycles. The van der Waals surface area contributed by atoms with Crippen LogP contribution in [0.3, 0.4) is 0 Å². The van der Waals surface area contributed by atoms with E-state index in [1.54, 1.807) is 24.4 Å². The van der Waals surface area contributed by atoms with Crippen LogP contribution in [-0.4, -0.2) is 20.8 Å². The quantitative estimate of drug-likeness (QED) is 0.0954. The van der Waals surface area contributed by atoms with Gasteiger partial charge in [0.2, 0.25) is 0 Å². The van der Waals surface area contributed by atoms with Crippen molar-refractivity contribution in [1.82, 2.24) is 9.66 Å². The third-order valence-corrected chi connectivity index (χ3v) is 7.13. The summed E-state index contributed by atoms with van der Waals surface area (Å²) in [6, 6.07) is 15.6. The molecule has 0 amide bonds. The van der Waals surface area contributed by atoms with Gasteiger partial charge in [0.05, 0.1) is 29.2 Å². The van der Waals surface area contributed by atoms with Crippen molar-refractivity contribution in [1.29, 1.82) is 0 Å². The lowest BCUT2D eigenvalue weighted by Crippen LogP contribution is -2.22. The highest BCUT2D eigenvalue weighted by Crippen LogP contribution is 2.29. The summed E-state index contributed by atoms with van der Waals surface area (Å²) >= 11 is 7.76. The number of aryl methyl sites for hydroxylation is 1. The van der Waals surface area contributed by atoms with E-state index in [0.29, 0.717) is 34.5 Å². The molecular weight excluding hydrogens is 742 g/mol. The highest BCUT2D eigenvalue weighted by atomic mass is 127. The molecule has 35 heavy (non-hydrogen) atoms. The molecule has 0 aliphatic carbocycles. The first-order valence-corrected chi connectivity index (χ1v) is 13.3. The van der Waals surface area contributed by atoms with Gasteiger partial charge in [-0.05, 0) is 86.6 Å². The van der Waals surface area contributed by atoms with Crippen molar-refractivity contribution in [2.24, 2.45) is 5.10 Å². The molecule has 0 aliphatic rings. The molecule has 0 N–H and O–H groups in total. The van der Waals surface area contributed by atoms with Crippen molar-refractivity contribution in [3.05, 3.63) is 104 Å². The van der Waals surface area contributed by atoms with Gasteiger partial charge in [0.1, 0.15) is 18.2 Å². The van der Waals surface area contributed by atoms with E-state index in [9.17, 15) is 14.9 Å². The van der Waals surface area contributed by atoms with Crippen LogP contribution in [0.1, 0.15) is 23.9 Å². The maximum absolute atomic E-state index is 13.1. The first kappa shape index (κ1) is 25.7. The molecule has 0 atom stereocenters. The molecule has 0 saturated heterocycles. The number of nitro benzene ring substituents is 1. The van der Waals surface area contributed by atoms with E-state index in [0.717, 1.165) is 17.2 Å². The summed E-state index contributed by atoms with van der Waals surface area (Å²) < 4.78 is 9.81. The molecule has 0 unspecified atom stereocenters. The SMILES string of the molecule is CCc1nc2ccc(Br)cc2c(=O)n1N=Cc1cc(I)c(OCc2cccc([N+](=O)[O-])c2)c(I)c1. The fraction of sp³-hybridized carbons (Fsp3) is 0.125. The van der Waals surface area contributed by atoms with E-state index in [1.165, 1.54) is 16.8 Å². The van der Waals surface area contributed by atoms with E-state index < -0.39 is 4.92 Å². The molecule has 4 rings (SSSR count). The fourth-order valence-corrected chi connectivity index (χ4v) is 5.86.